The smallest absolute Gasteiger partial charge is 0.338 e. The zero-order valence-corrected chi connectivity index (χ0v) is 12.4. The van der Waals surface area contributed by atoms with Crippen LogP contribution in [0.5, 0.6) is 0 Å². The van der Waals surface area contributed by atoms with E-state index in [0.717, 1.165) is 5.92 Å². The molecule has 2 rings (SSSR count). The fraction of sp³-hybridized carbons (Fsp3) is 0.588. The summed E-state index contributed by atoms with van der Waals surface area (Å²) in [4.78, 5) is 11.6. The quantitative estimate of drug-likeness (QED) is 0.730. The number of carbonyl (C=O) groups excluding carboxylic acids is 1. The zero-order valence-electron chi connectivity index (χ0n) is 12.4. The molecule has 0 radical (unpaired) electrons. The first-order valence-electron chi connectivity index (χ1n) is 7.65. The van der Waals surface area contributed by atoms with Gasteiger partial charge in [-0.1, -0.05) is 25.5 Å². The lowest BCUT2D eigenvalue weighted by molar-refractivity contribution is 0.0160. The number of rotatable bonds is 5. The Hall–Kier alpha value is -1.45. The standard InChI is InChI=1S/C17H22F2O2/c1-2-12-3-5-13(6-4-12)14-7-9-15(10-8-14)17(20)21-11-16(18)19/h7-10,12-13,16H,2-6,11H2,1H3/t12-,13-. The molecule has 1 fully saturated rings. The molecule has 1 aromatic carbocycles. The van der Waals surface area contributed by atoms with Crippen molar-refractivity contribution in [3.8, 4) is 0 Å². The Bertz CT molecular complexity index is 448. The molecule has 0 aromatic heterocycles. The highest BCUT2D eigenvalue weighted by molar-refractivity contribution is 5.89. The van der Waals surface area contributed by atoms with Crippen LogP contribution < -0.4 is 0 Å². The maximum Gasteiger partial charge on any atom is 0.338 e. The van der Waals surface area contributed by atoms with E-state index < -0.39 is 19.0 Å². The maximum atomic E-state index is 12.0. The number of hydrogen-bond acceptors (Lipinski definition) is 2. The Balaban J connectivity index is 1.91. The predicted molar refractivity (Wildman–Crippen MR) is 77.7 cm³/mol. The van der Waals surface area contributed by atoms with Crippen molar-refractivity contribution in [2.24, 2.45) is 5.92 Å². The molecule has 1 aliphatic rings. The van der Waals surface area contributed by atoms with Gasteiger partial charge in [0.15, 0.2) is 6.61 Å². The van der Waals surface area contributed by atoms with Crippen LogP contribution >= 0.6 is 0 Å². The molecule has 2 nitrogen and oxygen atoms in total. The SMILES string of the molecule is CC[C@H]1CC[C@H](c2ccc(C(=O)OCC(F)F)cc2)CC1. The first kappa shape index (κ1) is 15.9. The minimum Gasteiger partial charge on any atom is -0.456 e. The normalized spacial score (nSPS) is 22.3. The zero-order chi connectivity index (χ0) is 15.2. The third-order valence-electron chi connectivity index (χ3n) is 4.38. The summed E-state index contributed by atoms with van der Waals surface area (Å²) in [6.07, 6.45) is 3.53. The molecule has 1 saturated carbocycles. The van der Waals surface area contributed by atoms with E-state index in [1.807, 2.05) is 12.1 Å². The Morgan fingerprint density at radius 2 is 1.81 bits per heavy atom. The van der Waals surface area contributed by atoms with E-state index >= 15 is 0 Å². The molecule has 1 aliphatic carbocycles. The van der Waals surface area contributed by atoms with Crippen LogP contribution in [0, 0.1) is 5.92 Å². The van der Waals surface area contributed by atoms with E-state index in [2.05, 4.69) is 11.7 Å². The molecule has 0 N–H and O–H groups in total. The van der Waals surface area contributed by atoms with Crippen LogP contribution in [0.2, 0.25) is 0 Å². The average Bonchev–Trinajstić information content (AvgIpc) is 2.53. The van der Waals surface area contributed by atoms with Crippen molar-refractivity contribution in [2.75, 3.05) is 6.61 Å². The lowest BCUT2D eigenvalue weighted by Gasteiger charge is -2.28. The van der Waals surface area contributed by atoms with E-state index in [0.29, 0.717) is 11.5 Å². The number of halogens is 2. The van der Waals surface area contributed by atoms with Gasteiger partial charge in [-0.15, -0.1) is 0 Å². The van der Waals surface area contributed by atoms with E-state index in [4.69, 9.17) is 0 Å². The Morgan fingerprint density at radius 3 is 2.33 bits per heavy atom. The highest BCUT2D eigenvalue weighted by Gasteiger charge is 2.21. The number of esters is 1. The lowest BCUT2D eigenvalue weighted by atomic mass is 9.78. The van der Waals surface area contributed by atoms with Crippen LogP contribution in [-0.2, 0) is 4.74 Å². The van der Waals surface area contributed by atoms with Crippen molar-refractivity contribution in [1.82, 2.24) is 0 Å². The highest BCUT2D eigenvalue weighted by Crippen LogP contribution is 2.36. The molecule has 116 valence electrons. The molecule has 0 spiro atoms. The topological polar surface area (TPSA) is 26.3 Å². The predicted octanol–water partition coefficient (Wildman–Crippen LogP) is 4.79. The van der Waals surface area contributed by atoms with Gasteiger partial charge in [-0.05, 0) is 55.2 Å². The van der Waals surface area contributed by atoms with Crippen LogP contribution in [0.1, 0.15) is 60.9 Å². The van der Waals surface area contributed by atoms with Crippen molar-refractivity contribution < 1.29 is 18.3 Å². The number of carbonyl (C=O) groups is 1. The molecule has 21 heavy (non-hydrogen) atoms. The second kappa shape index (κ2) is 7.53. The van der Waals surface area contributed by atoms with Crippen molar-refractivity contribution in [3.05, 3.63) is 35.4 Å². The molecule has 0 atom stereocenters. The molecule has 0 bridgehead atoms. The fourth-order valence-electron chi connectivity index (χ4n) is 3.02. The second-order valence-corrected chi connectivity index (χ2v) is 5.74. The van der Waals surface area contributed by atoms with Gasteiger partial charge < -0.3 is 4.74 Å². The van der Waals surface area contributed by atoms with Crippen molar-refractivity contribution in [1.29, 1.82) is 0 Å². The van der Waals surface area contributed by atoms with Crippen molar-refractivity contribution >= 4 is 5.97 Å². The molecular weight excluding hydrogens is 274 g/mol. The molecule has 0 saturated heterocycles. The molecule has 0 aliphatic heterocycles. The van der Waals surface area contributed by atoms with Gasteiger partial charge in [-0.2, -0.15) is 0 Å². The second-order valence-electron chi connectivity index (χ2n) is 5.74. The Kier molecular flexibility index (Phi) is 5.71. The van der Waals surface area contributed by atoms with Gasteiger partial charge in [-0.25, -0.2) is 13.6 Å². The van der Waals surface area contributed by atoms with Crippen molar-refractivity contribution in [2.45, 2.75) is 51.4 Å². The monoisotopic (exact) mass is 296 g/mol. The van der Waals surface area contributed by atoms with Crippen molar-refractivity contribution in [3.63, 3.8) is 0 Å². The lowest BCUT2D eigenvalue weighted by Crippen LogP contribution is -2.13. The van der Waals surface area contributed by atoms with E-state index in [1.54, 1.807) is 12.1 Å². The number of benzene rings is 1. The highest BCUT2D eigenvalue weighted by atomic mass is 19.3. The summed E-state index contributed by atoms with van der Waals surface area (Å²) in [7, 11) is 0. The van der Waals surface area contributed by atoms with Gasteiger partial charge in [0.1, 0.15) is 0 Å². The summed E-state index contributed by atoms with van der Waals surface area (Å²) in [6.45, 7) is 1.40. The largest absolute Gasteiger partial charge is 0.456 e. The van der Waals surface area contributed by atoms with Crippen LogP contribution in [0.3, 0.4) is 0 Å². The van der Waals surface area contributed by atoms with Gasteiger partial charge >= 0.3 is 5.97 Å². The Morgan fingerprint density at radius 1 is 1.19 bits per heavy atom. The molecule has 0 amide bonds. The minimum absolute atomic E-state index is 0.335. The van der Waals surface area contributed by atoms with E-state index in [1.165, 1.54) is 37.7 Å². The fourth-order valence-corrected chi connectivity index (χ4v) is 3.02. The molecular formula is C17H22F2O2. The van der Waals surface area contributed by atoms with Crippen LogP contribution in [0.25, 0.3) is 0 Å². The average molecular weight is 296 g/mol. The minimum atomic E-state index is -2.62. The molecule has 0 unspecified atom stereocenters. The molecule has 1 aromatic rings. The summed E-state index contributed by atoms with van der Waals surface area (Å²) in [5, 5.41) is 0. The Labute approximate surface area is 124 Å². The van der Waals surface area contributed by atoms with E-state index in [-0.39, 0.29) is 0 Å². The van der Waals surface area contributed by atoms with Crippen LogP contribution in [0.4, 0.5) is 8.78 Å². The molecule has 4 heteroatoms. The third-order valence-corrected chi connectivity index (χ3v) is 4.38. The molecule has 0 heterocycles. The van der Waals surface area contributed by atoms with Gasteiger partial charge in [0.05, 0.1) is 5.56 Å². The van der Waals surface area contributed by atoms with Crippen LogP contribution in [0.15, 0.2) is 24.3 Å². The van der Waals surface area contributed by atoms with Crippen LogP contribution in [-0.4, -0.2) is 19.0 Å². The van der Waals surface area contributed by atoms with Gasteiger partial charge in [0.2, 0.25) is 0 Å². The number of hydrogen-bond donors (Lipinski definition) is 0. The maximum absolute atomic E-state index is 12.0. The van der Waals surface area contributed by atoms with Gasteiger partial charge in [0.25, 0.3) is 6.43 Å². The van der Waals surface area contributed by atoms with E-state index in [9.17, 15) is 13.6 Å². The summed E-state index contributed by atoms with van der Waals surface area (Å²) in [6, 6.07) is 7.20. The van der Waals surface area contributed by atoms with Gasteiger partial charge in [0, 0.05) is 0 Å². The third kappa shape index (κ3) is 4.51. The number of ether oxygens (including phenoxy) is 1. The summed E-state index contributed by atoms with van der Waals surface area (Å²) in [5.74, 6) is 0.723. The number of alkyl halides is 2. The van der Waals surface area contributed by atoms with Gasteiger partial charge in [-0.3, -0.25) is 0 Å². The first-order chi connectivity index (χ1) is 10.1. The summed E-state index contributed by atoms with van der Waals surface area (Å²) >= 11 is 0. The summed E-state index contributed by atoms with van der Waals surface area (Å²) in [5.41, 5.74) is 1.57. The summed E-state index contributed by atoms with van der Waals surface area (Å²) < 4.78 is 28.5. The first-order valence-corrected chi connectivity index (χ1v) is 7.65.